The van der Waals surface area contributed by atoms with E-state index in [1.165, 1.54) is 6.07 Å². The highest BCUT2D eigenvalue weighted by Crippen LogP contribution is 2.46. The van der Waals surface area contributed by atoms with Gasteiger partial charge in [0.1, 0.15) is 17.1 Å². The number of H-pyrrole nitrogens is 1. The van der Waals surface area contributed by atoms with Crippen LogP contribution in [0, 0.1) is 23.7 Å². The van der Waals surface area contributed by atoms with Crippen molar-refractivity contribution in [3.05, 3.63) is 36.5 Å². The molecule has 3 N–H and O–H groups in total. The highest BCUT2D eigenvalue weighted by atomic mass is 19.1. The van der Waals surface area contributed by atoms with E-state index in [-0.39, 0.29) is 18.0 Å². The summed E-state index contributed by atoms with van der Waals surface area (Å²) in [5.74, 6) is -0.0647. The summed E-state index contributed by atoms with van der Waals surface area (Å²) in [4.78, 5) is 28.9. The van der Waals surface area contributed by atoms with Gasteiger partial charge in [0, 0.05) is 35.4 Å². The second-order valence-electron chi connectivity index (χ2n) is 9.89. The molecule has 0 amide bonds. The number of carboxylic acid groups (broad SMARTS) is 1. The molecule has 3 saturated carbocycles. The van der Waals surface area contributed by atoms with Gasteiger partial charge in [-0.25, -0.2) is 15.0 Å². The van der Waals surface area contributed by atoms with Crippen LogP contribution in [0.3, 0.4) is 0 Å². The molecule has 2 bridgehead atoms. The number of rotatable bonds is 5. The SMILES string of the molecule is CC(C)n1ccc2c(N[C@@H]3C4CCC(CC4)[C@H]3C(=O)O)nc(-c3c[nH]c4nc(F)ccc34)nc21. The first-order chi connectivity index (χ1) is 16.4. The minimum absolute atomic E-state index is 0.169. The molecule has 4 aromatic heterocycles. The Balaban J connectivity index is 1.50. The number of aromatic nitrogens is 5. The topological polar surface area (TPSA) is 109 Å². The minimum Gasteiger partial charge on any atom is -0.481 e. The van der Waals surface area contributed by atoms with Crippen molar-refractivity contribution in [1.29, 1.82) is 0 Å². The molecular weight excluding hydrogens is 435 g/mol. The standard InChI is InChI=1S/C25H27FN6O2/c1-12(2)32-10-9-16-22(29-20-14-5-3-13(4-6-14)19(20)25(33)34)30-23(31-24(16)32)17-11-27-21-15(17)7-8-18(26)28-21/h7-14,19-20H,3-6H2,1-2H3,(H,27,28)(H,33,34)(H,29,30,31)/t13?,14?,19-,20-/m1/s1. The highest BCUT2D eigenvalue weighted by molar-refractivity contribution is 5.95. The van der Waals surface area contributed by atoms with E-state index in [0.29, 0.717) is 23.2 Å². The van der Waals surface area contributed by atoms with Crippen LogP contribution in [0.15, 0.2) is 30.6 Å². The Morgan fingerprint density at radius 3 is 2.62 bits per heavy atom. The van der Waals surface area contributed by atoms with Crippen molar-refractivity contribution in [2.75, 3.05) is 5.32 Å². The molecule has 0 radical (unpaired) electrons. The number of fused-ring (bicyclic) bond motifs is 5. The Labute approximate surface area is 195 Å². The van der Waals surface area contributed by atoms with Gasteiger partial charge in [-0.15, -0.1) is 0 Å². The van der Waals surface area contributed by atoms with Gasteiger partial charge in [-0.2, -0.15) is 4.39 Å². The minimum atomic E-state index is -0.734. The largest absolute Gasteiger partial charge is 0.481 e. The molecule has 0 spiro atoms. The van der Waals surface area contributed by atoms with Crippen LogP contribution in [0.2, 0.25) is 0 Å². The number of pyridine rings is 1. The van der Waals surface area contributed by atoms with Crippen molar-refractivity contribution in [3.8, 4) is 11.4 Å². The monoisotopic (exact) mass is 462 g/mol. The number of carboxylic acids is 1. The predicted octanol–water partition coefficient (Wildman–Crippen LogP) is 5.00. The van der Waals surface area contributed by atoms with Crippen LogP contribution in [0.25, 0.3) is 33.5 Å². The van der Waals surface area contributed by atoms with Crippen molar-refractivity contribution in [1.82, 2.24) is 24.5 Å². The molecule has 2 atom stereocenters. The van der Waals surface area contributed by atoms with Gasteiger partial charge in [0.05, 0.1) is 11.3 Å². The third-order valence-electron chi connectivity index (χ3n) is 7.68. The first-order valence-electron chi connectivity index (χ1n) is 11.9. The number of anilines is 1. The van der Waals surface area contributed by atoms with Gasteiger partial charge in [0.15, 0.2) is 5.82 Å². The molecule has 4 aromatic rings. The Hall–Kier alpha value is -3.49. The van der Waals surface area contributed by atoms with Crippen molar-refractivity contribution < 1.29 is 14.3 Å². The van der Waals surface area contributed by atoms with Gasteiger partial charge < -0.3 is 20.0 Å². The third kappa shape index (κ3) is 3.25. The molecule has 3 aliphatic carbocycles. The molecule has 0 saturated heterocycles. The molecule has 4 heterocycles. The maximum Gasteiger partial charge on any atom is 0.308 e. The molecular formula is C25H27FN6O2. The normalized spacial score (nSPS) is 24.4. The molecule has 7 rings (SSSR count). The fourth-order valence-electron chi connectivity index (χ4n) is 6.02. The summed E-state index contributed by atoms with van der Waals surface area (Å²) < 4.78 is 15.7. The molecule has 3 aliphatic rings. The van der Waals surface area contributed by atoms with Crippen molar-refractivity contribution in [2.24, 2.45) is 17.8 Å². The fourth-order valence-corrected chi connectivity index (χ4v) is 6.02. The van der Waals surface area contributed by atoms with Gasteiger partial charge in [0.25, 0.3) is 0 Å². The van der Waals surface area contributed by atoms with E-state index >= 15 is 0 Å². The van der Waals surface area contributed by atoms with Gasteiger partial charge in [-0.05, 0) is 69.6 Å². The second-order valence-corrected chi connectivity index (χ2v) is 9.89. The van der Waals surface area contributed by atoms with E-state index in [9.17, 15) is 14.3 Å². The van der Waals surface area contributed by atoms with E-state index in [4.69, 9.17) is 9.97 Å². The summed E-state index contributed by atoms with van der Waals surface area (Å²) in [6.45, 7) is 4.18. The molecule has 34 heavy (non-hydrogen) atoms. The van der Waals surface area contributed by atoms with Crippen molar-refractivity contribution in [3.63, 3.8) is 0 Å². The van der Waals surface area contributed by atoms with E-state index in [1.807, 2.05) is 12.3 Å². The zero-order chi connectivity index (χ0) is 23.6. The quantitative estimate of drug-likeness (QED) is 0.360. The molecule has 0 unspecified atom stereocenters. The summed E-state index contributed by atoms with van der Waals surface area (Å²) in [7, 11) is 0. The van der Waals surface area contributed by atoms with Gasteiger partial charge in [0.2, 0.25) is 5.95 Å². The second kappa shape index (κ2) is 7.78. The van der Waals surface area contributed by atoms with E-state index < -0.39 is 17.8 Å². The Morgan fingerprint density at radius 1 is 1.12 bits per heavy atom. The Morgan fingerprint density at radius 2 is 1.88 bits per heavy atom. The van der Waals surface area contributed by atoms with Crippen LogP contribution in [-0.2, 0) is 4.79 Å². The van der Waals surface area contributed by atoms with Crippen molar-refractivity contribution >= 4 is 33.9 Å². The number of hydrogen-bond donors (Lipinski definition) is 3. The molecule has 0 aliphatic heterocycles. The lowest BCUT2D eigenvalue weighted by atomic mass is 9.61. The average molecular weight is 463 g/mol. The van der Waals surface area contributed by atoms with Gasteiger partial charge in [-0.1, -0.05) is 0 Å². The van der Waals surface area contributed by atoms with Crippen LogP contribution in [0.1, 0.15) is 45.6 Å². The molecule has 8 nitrogen and oxygen atoms in total. The molecule has 176 valence electrons. The number of halogens is 1. The summed E-state index contributed by atoms with van der Waals surface area (Å²) in [6.07, 6.45) is 7.78. The van der Waals surface area contributed by atoms with E-state index in [1.54, 1.807) is 12.3 Å². The summed E-state index contributed by atoms with van der Waals surface area (Å²) in [6, 6.07) is 5.00. The Kier molecular flexibility index (Phi) is 4.82. The first-order valence-corrected chi connectivity index (χ1v) is 11.9. The average Bonchev–Trinajstić information content (AvgIpc) is 3.43. The van der Waals surface area contributed by atoms with Crippen LogP contribution >= 0.6 is 0 Å². The number of nitrogens with zero attached hydrogens (tertiary/aromatic N) is 4. The smallest absolute Gasteiger partial charge is 0.308 e. The van der Waals surface area contributed by atoms with Crippen LogP contribution in [0.5, 0.6) is 0 Å². The summed E-state index contributed by atoms with van der Waals surface area (Å²) in [5.41, 5.74) is 1.94. The summed E-state index contributed by atoms with van der Waals surface area (Å²) >= 11 is 0. The first kappa shape index (κ1) is 21.1. The molecule has 0 aromatic carbocycles. The predicted molar refractivity (Wildman–Crippen MR) is 127 cm³/mol. The highest BCUT2D eigenvalue weighted by Gasteiger charge is 2.47. The molecule has 9 heteroatoms. The lowest BCUT2D eigenvalue weighted by molar-refractivity contribution is -0.148. The third-order valence-corrected chi connectivity index (χ3v) is 7.68. The zero-order valence-electron chi connectivity index (χ0n) is 19.1. The lowest BCUT2D eigenvalue weighted by Crippen LogP contribution is -2.51. The zero-order valence-corrected chi connectivity index (χ0v) is 19.1. The fraction of sp³-hybridized carbons (Fsp3) is 0.440. The van der Waals surface area contributed by atoms with Crippen LogP contribution < -0.4 is 5.32 Å². The Bertz CT molecular complexity index is 1400. The van der Waals surface area contributed by atoms with Gasteiger partial charge >= 0.3 is 5.97 Å². The van der Waals surface area contributed by atoms with Gasteiger partial charge in [-0.3, -0.25) is 4.79 Å². The van der Waals surface area contributed by atoms with E-state index in [0.717, 1.165) is 47.7 Å². The number of hydrogen-bond acceptors (Lipinski definition) is 5. The number of aromatic amines is 1. The van der Waals surface area contributed by atoms with Crippen molar-refractivity contribution in [2.45, 2.75) is 51.6 Å². The number of carbonyl (C=O) groups is 1. The summed E-state index contributed by atoms with van der Waals surface area (Å²) in [5, 5.41) is 15.2. The maximum atomic E-state index is 13.6. The van der Waals surface area contributed by atoms with E-state index in [2.05, 4.69) is 33.7 Å². The van der Waals surface area contributed by atoms with Crippen LogP contribution in [0.4, 0.5) is 10.2 Å². The maximum absolute atomic E-state index is 13.6. The number of nitrogens with one attached hydrogen (secondary N) is 2. The lowest BCUT2D eigenvalue weighted by Gasteiger charge is -2.47. The number of aliphatic carboxylic acids is 1. The van der Waals surface area contributed by atoms with Crippen LogP contribution in [-0.4, -0.2) is 41.6 Å². The molecule has 3 fully saturated rings.